The zero-order valence-corrected chi connectivity index (χ0v) is 20.3. The number of carbonyl (C=O) groups excluding carboxylic acids is 1. The lowest BCUT2D eigenvalue weighted by Gasteiger charge is -2.35. The Morgan fingerprint density at radius 1 is 1.05 bits per heavy atom. The molecule has 2 aromatic heterocycles. The smallest absolute Gasteiger partial charge is 0.394 e. The maximum Gasteiger partial charge on any atom is 0.394 e. The van der Waals surface area contributed by atoms with E-state index in [2.05, 4.69) is 24.6 Å². The van der Waals surface area contributed by atoms with E-state index in [4.69, 9.17) is 0 Å². The number of hydrogen-bond donors (Lipinski definition) is 1. The number of halogens is 3. The first-order chi connectivity index (χ1) is 17.7. The lowest BCUT2D eigenvalue weighted by molar-refractivity contribution is -0.159. The number of ether oxygens (including phenoxy) is 1. The molecule has 0 aliphatic carbocycles. The SMILES string of the molecule is CC(F)(F)Oc1cccc(CCC(=O)N2CCN(c3ncnc4[nH]c(-c5ccc(F)cc5)cc34)CC2)c1. The number of amides is 1. The number of hydrogen-bond acceptors (Lipinski definition) is 5. The monoisotopic (exact) mass is 509 g/mol. The van der Waals surface area contributed by atoms with E-state index >= 15 is 0 Å². The van der Waals surface area contributed by atoms with Crippen molar-refractivity contribution in [2.24, 2.45) is 0 Å². The molecule has 1 aliphatic heterocycles. The zero-order valence-electron chi connectivity index (χ0n) is 20.3. The standard InChI is InChI=1S/C27H26F3N5O2/c1-27(29,30)37-21-4-2-3-18(15-21)5-10-24(36)34-11-13-35(14-12-34)26-22-16-23(33-25(22)31-17-32-26)19-6-8-20(28)9-7-19/h2-4,6-9,15-17H,5,10-14H2,1H3,(H,31,32,33). The maximum absolute atomic E-state index is 13.3. The summed E-state index contributed by atoms with van der Waals surface area (Å²) in [5, 5.41) is 0.862. The van der Waals surface area contributed by atoms with Crippen LogP contribution in [0.4, 0.5) is 19.0 Å². The minimum absolute atomic E-state index is 0.0138. The molecule has 0 saturated carbocycles. The van der Waals surface area contributed by atoms with E-state index in [0.717, 1.165) is 28.0 Å². The van der Waals surface area contributed by atoms with Crippen molar-refractivity contribution in [1.82, 2.24) is 19.9 Å². The number of carbonyl (C=O) groups is 1. The van der Waals surface area contributed by atoms with E-state index in [0.29, 0.717) is 45.2 Å². The van der Waals surface area contributed by atoms with Crippen LogP contribution in [-0.4, -0.2) is 58.0 Å². The molecule has 1 fully saturated rings. The van der Waals surface area contributed by atoms with Crippen LogP contribution in [0.1, 0.15) is 18.9 Å². The van der Waals surface area contributed by atoms with Crippen molar-refractivity contribution in [2.75, 3.05) is 31.1 Å². The molecule has 2 aromatic carbocycles. The predicted octanol–water partition coefficient (Wildman–Crippen LogP) is 5.04. The topological polar surface area (TPSA) is 74.3 Å². The first-order valence-corrected chi connectivity index (χ1v) is 12.0. The van der Waals surface area contributed by atoms with Crippen molar-refractivity contribution >= 4 is 22.8 Å². The van der Waals surface area contributed by atoms with Gasteiger partial charge in [-0.3, -0.25) is 4.79 Å². The van der Waals surface area contributed by atoms with Crippen LogP contribution in [-0.2, 0) is 11.2 Å². The lowest BCUT2D eigenvalue weighted by Crippen LogP contribution is -2.49. The number of rotatable bonds is 7. The Labute approximate surface area is 211 Å². The van der Waals surface area contributed by atoms with Crippen LogP contribution in [0, 0.1) is 5.82 Å². The molecule has 1 amide bonds. The number of H-pyrrole nitrogens is 1. The number of nitrogens with one attached hydrogen (secondary N) is 1. The number of alkyl halides is 2. The molecular weight excluding hydrogens is 483 g/mol. The van der Waals surface area contributed by atoms with Crippen molar-refractivity contribution in [2.45, 2.75) is 25.9 Å². The van der Waals surface area contributed by atoms with Crippen molar-refractivity contribution in [1.29, 1.82) is 0 Å². The molecule has 0 atom stereocenters. The van der Waals surface area contributed by atoms with Gasteiger partial charge in [0.05, 0.1) is 5.39 Å². The van der Waals surface area contributed by atoms with Gasteiger partial charge in [-0.05, 0) is 60.0 Å². The molecule has 1 aliphatic rings. The number of fused-ring (bicyclic) bond motifs is 1. The molecule has 3 heterocycles. The summed E-state index contributed by atoms with van der Waals surface area (Å²) < 4.78 is 44.2. The van der Waals surface area contributed by atoms with Crippen LogP contribution >= 0.6 is 0 Å². The van der Waals surface area contributed by atoms with Crippen molar-refractivity contribution < 1.29 is 22.7 Å². The third-order valence-corrected chi connectivity index (χ3v) is 6.31. The van der Waals surface area contributed by atoms with Gasteiger partial charge >= 0.3 is 6.11 Å². The molecular formula is C27H26F3N5O2. The van der Waals surface area contributed by atoms with E-state index in [1.165, 1.54) is 24.5 Å². The molecule has 0 bridgehead atoms. The van der Waals surface area contributed by atoms with Crippen molar-refractivity contribution in [3.05, 3.63) is 72.3 Å². The molecule has 5 rings (SSSR count). The summed E-state index contributed by atoms with van der Waals surface area (Å²) >= 11 is 0. The third kappa shape index (κ3) is 5.84. The fourth-order valence-corrected chi connectivity index (χ4v) is 4.51. The average Bonchev–Trinajstić information content (AvgIpc) is 3.32. The van der Waals surface area contributed by atoms with Crippen molar-refractivity contribution in [3.8, 4) is 17.0 Å². The van der Waals surface area contributed by atoms with Crippen LogP contribution in [0.25, 0.3) is 22.3 Å². The summed E-state index contributed by atoms with van der Waals surface area (Å²) in [5.41, 5.74) is 3.13. The highest BCUT2D eigenvalue weighted by molar-refractivity contribution is 5.92. The predicted molar refractivity (Wildman–Crippen MR) is 134 cm³/mol. The highest BCUT2D eigenvalue weighted by Crippen LogP contribution is 2.29. The number of aryl methyl sites for hydroxylation is 1. The molecule has 4 aromatic rings. The minimum atomic E-state index is -3.26. The highest BCUT2D eigenvalue weighted by Gasteiger charge is 2.25. The molecule has 0 radical (unpaired) electrons. The summed E-state index contributed by atoms with van der Waals surface area (Å²) in [6.45, 7) is 3.01. The van der Waals surface area contributed by atoms with Gasteiger partial charge in [-0.2, -0.15) is 8.78 Å². The molecule has 1 saturated heterocycles. The lowest BCUT2D eigenvalue weighted by atomic mass is 10.1. The highest BCUT2D eigenvalue weighted by atomic mass is 19.3. The fourth-order valence-electron chi connectivity index (χ4n) is 4.51. The zero-order chi connectivity index (χ0) is 26.0. The van der Waals surface area contributed by atoms with E-state index in [-0.39, 0.29) is 23.9 Å². The first-order valence-electron chi connectivity index (χ1n) is 12.0. The number of nitrogens with zero attached hydrogens (tertiary/aromatic N) is 4. The second-order valence-corrected chi connectivity index (χ2v) is 9.07. The summed E-state index contributed by atoms with van der Waals surface area (Å²) in [5.74, 6) is 0.581. The Morgan fingerprint density at radius 2 is 1.81 bits per heavy atom. The number of piperazine rings is 1. The van der Waals surface area contributed by atoms with Gasteiger partial charge < -0.3 is 19.5 Å². The van der Waals surface area contributed by atoms with Gasteiger partial charge in [-0.15, -0.1) is 0 Å². The van der Waals surface area contributed by atoms with Gasteiger partial charge in [0, 0.05) is 45.2 Å². The summed E-state index contributed by atoms with van der Waals surface area (Å²) in [4.78, 5) is 28.9. The van der Waals surface area contributed by atoms with Crippen LogP contribution < -0.4 is 9.64 Å². The molecule has 0 spiro atoms. The van der Waals surface area contributed by atoms with Crippen LogP contribution in [0.3, 0.4) is 0 Å². The molecule has 1 N–H and O–H groups in total. The Balaban J connectivity index is 1.20. The Bertz CT molecular complexity index is 1390. The summed E-state index contributed by atoms with van der Waals surface area (Å²) in [6.07, 6.45) is -1.03. The number of aromatic nitrogens is 3. The van der Waals surface area contributed by atoms with Crippen molar-refractivity contribution in [3.63, 3.8) is 0 Å². The minimum Gasteiger partial charge on any atom is -0.433 e. The average molecular weight is 510 g/mol. The van der Waals surface area contributed by atoms with Gasteiger partial charge in [-0.1, -0.05) is 12.1 Å². The fraction of sp³-hybridized carbons (Fsp3) is 0.296. The second kappa shape index (κ2) is 10.1. The molecule has 37 heavy (non-hydrogen) atoms. The number of aromatic amines is 1. The molecule has 7 nitrogen and oxygen atoms in total. The van der Waals surface area contributed by atoms with E-state index in [1.54, 1.807) is 30.3 Å². The van der Waals surface area contributed by atoms with E-state index in [9.17, 15) is 18.0 Å². The second-order valence-electron chi connectivity index (χ2n) is 9.07. The molecule has 10 heteroatoms. The quantitative estimate of drug-likeness (QED) is 0.378. The van der Waals surface area contributed by atoms with Gasteiger partial charge in [0.25, 0.3) is 0 Å². The third-order valence-electron chi connectivity index (χ3n) is 6.31. The Hall–Kier alpha value is -4.08. The van der Waals surface area contributed by atoms with E-state index in [1.807, 2.05) is 11.0 Å². The van der Waals surface area contributed by atoms with Crippen LogP contribution in [0.15, 0.2) is 60.9 Å². The normalized spacial score (nSPS) is 14.3. The van der Waals surface area contributed by atoms with Gasteiger partial charge in [0.15, 0.2) is 0 Å². The molecule has 192 valence electrons. The Morgan fingerprint density at radius 3 is 2.54 bits per heavy atom. The first kappa shape index (κ1) is 24.6. The van der Waals surface area contributed by atoms with E-state index < -0.39 is 6.11 Å². The van der Waals surface area contributed by atoms with Crippen LogP contribution in [0.5, 0.6) is 5.75 Å². The Kier molecular flexibility index (Phi) is 6.73. The van der Waals surface area contributed by atoms with Gasteiger partial charge in [0.1, 0.15) is 29.4 Å². The molecule has 0 unspecified atom stereocenters. The number of benzene rings is 2. The maximum atomic E-state index is 13.3. The van der Waals surface area contributed by atoms with Crippen LogP contribution in [0.2, 0.25) is 0 Å². The largest absolute Gasteiger partial charge is 0.433 e. The summed E-state index contributed by atoms with van der Waals surface area (Å²) in [7, 11) is 0. The van der Waals surface area contributed by atoms with Gasteiger partial charge in [-0.25, -0.2) is 14.4 Å². The summed E-state index contributed by atoms with van der Waals surface area (Å²) in [6, 6.07) is 14.7. The van der Waals surface area contributed by atoms with Gasteiger partial charge in [0.2, 0.25) is 5.91 Å². The number of anilines is 1.